The van der Waals surface area contributed by atoms with Crippen molar-refractivity contribution < 1.29 is 4.74 Å². The van der Waals surface area contributed by atoms with E-state index in [4.69, 9.17) is 16.3 Å². The van der Waals surface area contributed by atoms with Crippen molar-refractivity contribution in [1.29, 1.82) is 0 Å². The topological polar surface area (TPSA) is 12.5 Å². The van der Waals surface area contributed by atoms with Gasteiger partial charge in [-0.25, -0.2) is 0 Å². The second kappa shape index (κ2) is 2.23. The molecule has 1 saturated heterocycles. The first-order valence-corrected chi connectivity index (χ1v) is 3.98. The molecule has 1 aliphatic rings. The van der Waals surface area contributed by atoms with Gasteiger partial charge in [-0.3, -0.25) is 0 Å². The molecule has 58 valence electrons. The minimum Gasteiger partial charge on any atom is -0.365 e. The highest BCUT2D eigenvalue weighted by Gasteiger charge is 2.40. The van der Waals surface area contributed by atoms with E-state index in [2.05, 4.69) is 6.92 Å². The van der Waals surface area contributed by atoms with Crippen LogP contribution in [-0.4, -0.2) is 6.61 Å². The van der Waals surface area contributed by atoms with E-state index >= 15 is 0 Å². The van der Waals surface area contributed by atoms with Crippen LogP contribution in [0.4, 0.5) is 0 Å². The number of halogens is 1. The Labute approximate surface area is 70.9 Å². The van der Waals surface area contributed by atoms with Crippen molar-refractivity contribution in [2.24, 2.45) is 0 Å². The summed E-state index contributed by atoms with van der Waals surface area (Å²) < 4.78 is 5.28. The predicted molar refractivity (Wildman–Crippen MR) is 44.8 cm³/mol. The maximum atomic E-state index is 5.82. The van der Waals surface area contributed by atoms with Crippen LogP contribution in [0.1, 0.15) is 12.5 Å². The molecule has 0 N–H and O–H groups in total. The maximum Gasteiger partial charge on any atom is 0.114 e. The molecule has 0 unspecified atom stereocenters. The van der Waals surface area contributed by atoms with Gasteiger partial charge in [0.1, 0.15) is 5.60 Å². The normalized spacial score (nSPS) is 28.5. The van der Waals surface area contributed by atoms with Crippen molar-refractivity contribution in [2.75, 3.05) is 6.61 Å². The lowest BCUT2D eigenvalue weighted by Gasteiger charge is -2.04. The van der Waals surface area contributed by atoms with Crippen molar-refractivity contribution in [3.63, 3.8) is 0 Å². The minimum atomic E-state index is -0.0507. The molecule has 0 saturated carbocycles. The van der Waals surface area contributed by atoms with Gasteiger partial charge >= 0.3 is 0 Å². The standard InChI is InChI=1S/C9H9ClO/c1-9(6-11-9)7-3-2-4-8(10)5-7/h2-5H,6H2,1H3/t9-/m0/s1. The Balaban J connectivity index is 2.38. The average Bonchev–Trinajstić information content (AvgIpc) is 2.70. The van der Waals surface area contributed by atoms with Gasteiger partial charge in [-0.15, -0.1) is 0 Å². The van der Waals surface area contributed by atoms with Crippen LogP contribution in [0, 0.1) is 0 Å². The molecule has 0 radical (unpaired) electrons. The predicted octanol–water partition coefficient (Wildman–Crippen LogP) is 2.59. The minimum absolute atomic E-state index is 0.0507. The molecule has 0 spiro atoms. The Kier molecular flexibility index (Phi) is 1.44. The summed E-state index contributed by atoms with van der Waals surface area (Å²) in [7, 11) is 0. The smallest absolute Gasteiger partial charge is 0.114 e. The Morgan fingerprint density at radius 2 is 2.27 bits per heavy atom. The van der Waals surface area contributed by atoms with Crippen LogP contribution in [-0.2, 0) is 10.3 Å². The highest BCUT2D eigenvalue weighted by molar-refractivity contribution is 6.30. The molecule has 2 rings (SSSR count). The zero-order valence-electron chi connectivity index (χ0n) is 6.30. The molecule has 1 nitrogen and oxygen atoms in total. The lowest BCUT2D eigenvalue weighted by Crippen LogP contribution is -2.00. The van der Waals surface area contributed by atoms with Crippen molar-refractivity contribution in [3.8, 4) is 0 Å². The zero-order chi connectivity index (χ0) is 7.90. The zero-order valence-corrected chi connectivity index (χ0v) is 7.06. The molecular formula is C9H9ClO. The van der Waals surface area contributed by atoms with Gasteiger partial charge in [-0.2, -0.15) is 0 Å². The summed E-state index contributed by atoms with van der Waals surface area (Å²) in [6, 6.07) is 7.81. The van der Waals surface area contributed by atoms with Crippen LogP contribution < -0.4 is 0 Å². The Morgan fingerprint density at radius 1 is 1.55 bits per heavy atom. The Hall–Kier alpha value is -0.530. The molecule has 0 amide bonds. The van der Waals surface area contributed by atoms with Gasteiger partial charge in [0.05, 0.1) is 6.61 Å². The molecule has 1 aromatic rings. The third kappa shape index (κ3) is 1.26. The first kappa shape index (κ1) is 7.14. The van der Waals surface area contributed by atoms with E-state index in [9.17, 15) is 0 Å². The fourth-order valence-corrected chi connectivity index (χ4v) is 1.28. The van der Waals surface area contributed by atoms with Gasteiger partial charge in [0.25, 0.3) is 0 Å². The van der Waals surface area contributed by atoms with Gasteiger partial charge in [-0.05, 0) is 24.6 Å². The number of hydrogen-bond acceptors (Lipinski definition) is 1. The van der Waals surface area contributed by atoms with E-state index in [1.807, 2.05) is 24.3 Å². The van der Waals surface area contributed by atoms with Gasteiger partial charge in [0.15, 0.2) is 0 Å². The molecule has 0 bridgehead atoms. The second-order valence-electron chi connectivity index (χ2n) is 3.03. The van der Waals surface area contributed by atoms with E-state index in [1.54, 1.807) is 0 Å². The molecule has 1 aromatic carbocycles. The van der Waals surface area contributed by atoms with Crippen LogP contribution in [0.2, 0.25) is 5.02 Å². The van der Waals surface area contributed by atoms with Crippen molar-refractivity contribution >= 4 is 11.6 Å². The number of rotatable bonds is 1. The monoisotopic (exact) mass is 168 g/mol. The van der Waals surface area contributed by atoms with Crippen LogP contribution in [0.15, 0.2) is 24.3 Å². The first-order chi connectivity index (χ1) is 5.21. The Bertz CT molecular complexity index is 279. The summed E-state index contributed by atoms with van der Waals surface area (Å²) in [4.78, 5) is 0. The highest BCUT2D eigenvalue weighted by atomic mass is 35.5. The van der Waals surface area contributed by atoms with Crippen LogP contribution in [0.3, 0.4) is 0 Å². The van der Waals surface area contributed by atoms with Crippen LogP contribution in [0.25, 0.3) is 0 Å². The lowest BCUT2D eigenvalue weighted by molar-refractivity contribution is 0.329. The molecule has 1 heterocycles. The summed E-state index contributed by atoms with van der Waals surface area (Å²) in [5.74, 6) is 0. The van der Waals surface area contributed by atoms with E-state index in [1.165, 1.54) is 5.56 Å². The van der Waals surface area contributed by atoms with E-state index in [0.29, 0.717) is 0 Å². The highest BCUT2D eigenvalue weighted by Crippen LogP contribution is 2.38. The summed E-state index contributed by atoms with van der Waals surface area (Å²) in [5.41, 5.74) is 1.12. The second-order valence-corrected chi connectivity index (χ2v) is 3.47. The number of hydrogen-bond donors (Lipinski definition) is 0. The molecule has 1 atom stereocenters. The average molecular weight is 169 g/mol. The Morgan fingerprint density at radius 3 is 2.82 bits per heavy atom. The SMILES string of the molecule is C[C@@]1(c2cccc(Cl)c2)CO1. The van der Waals surface area contributed by atoms with Gasteiger partial charge < -0.3 is 4.74 Å². The number of ether oxygens (including phenoxy) is 1. The summed E-state index contributed by atoms with van der Waals surface area (Å²) >= 11 is 5.82. The molecule has 11 heavy (non-hydrogen) atoms. The lowest BCUT2D eigenvalue weighted by atomic mass is 10.0. The van der Waals surface area contributed by atoms with E-state index < -0.39 is 0 Å². The van der Waals surface area contributed by atoms with E-state index in [0.717, 1.165) is 11.6 Å². The number of epoxide rings is 1. The fraction of sp³-hybridized carbons (Fsp3) is 0.333. The quantitative estimate of drug-likeness (QED) is 0.588. The van der Waals surface area contributed by atoms with Gasteiger partial charge in [-0.1, -0.05) is 23.7 Å². The maximum absolute atomic E-state index is 5.82. The molecule has 1 fully saturated rings. The summed E-state index contributed by atoms with van der Waals surface area (Å²) in [5, 5.41) is 0.777. The summed E-state index contributed by atoms with van der Waals surface area (Å²) in [6.07, 6.45) is 0. The third-order valence-corrected chi connectivity index (χ3v) is 2.25. The van der Waals surface area contributed by atoms with Gasteiger partial charge in [0, 0.05) is 5.02 Å². The fourth-order valence-electron chi connectivity index (χ4n) is 1.09. The molecule has 2 heteroatoms. The first-order valence-electron chi connectivity index (χ1n) is 3.61. The molecule has 1 aliphatic heterocycles. The molecule has 0 aliphatic carbocycles. The van der Waals surface area contributed by atoms with Crippen LogP contribution in [0.5, 0.6) is 0 Å². The van der Waals surface area contributed by atoms with Crippen molar-refractivity contribution in [1.82, 2.24) is 0 Å². The van der Waals surface area contributed by atoms with Gasteiger partial charge in [0.2, 0.25) is 0 Å². The largest absolute Gasteiger partial charge is 0.365 e. The summed E-state index contributed by atoms with van der Waals surface area (Å²) in [6.45, 7) is 2.88. The van der Waals surface area contributed by atoms with Crippen LogP contribution >= 0.6 is 11.6 Å². The third-order valence-electron chi connectivity index (χ3n) is 2.01. The van der Waals surface area contributed by atoms with Crippen molar-refractivity contribution in [3.05, 3.63) is 34.9 Å². The number of benzene rings is 1. The van der Waals surface area contributed by atoms with E-state index in [-0.39, 0.29) is 5.60 Å². The van der Waals surface area contributed by atoms with Crippen molar-refractivity contribution in [2.45, 2.75) is 12.5 Å². The molecule has 0 aromatic heterocycles. The molecular weight excluding hydrogens is 160 g/mol.